The highest BCUT2D eigenvalue weighted by Crippen LogP contribution is 2.18. The fraction of sp³-hybridized carbons (Fsp3) is 0.300. The van der Waals surface area contributed by atoms with Gasteiger partial charge in [-0.05, 0) is 12.1 Å². The Hall–Kier alpha value is -1.25. The highest BCUT2D eigenvalue weighted by molar-refractivity contribution is 7.93. The summed E-state index contributed by atoms with van der Waals surface area (Å²) in [5, 5.41) is 8.00. The van der Waals surface area contributed by atoms with Crippen LogP contribution in [-0.2, 0) is 10.0 Å². The molecule has 0 N–H and O–H groups in total. The molecule has 1 aromatic rings. The lowest BCUT2D eigenvalue weighted by molar-refractivity contribution is 0.595. The fourth-order valence-corrected chi connectivity index (χ4v) is 2.52. The second kappa shape index (κ2) is 5.73. The summed E-state index contributed by atoms with van der Waals surface area (Å²) < 4.78 is 24.5. The zero-order valence-electron chi connectivity index (χ0n) is 8.51. The van der Waals surface area contributed by atoms with E-state index < -0.39 is 15.2 Å². The highest BCUT2D eigenvalue weighted by atomic mass is 35.5. The van der Waals surface area contributed by atoms with Crippen LogP contribution < -0.4 is 4.31 Å². The van der Waals surface area contributed by atoms with Crippen LogP contribution in [0.5, 0.6) is 0 Å². The lowest BCUT2D eigenvalue weighted by Gasteiger charge is -2.21. The number of anilines is 1. The van der Waals surface area contributed by atoms with Gasteiger partial charge in [-0.3, -0.25) is 4.31 Å². The van der Waals surface area contributed by atoms with Gasteiger partial charge in [0.15, 0.2) is 0 Å². The van der Waals surface area contributed by atoms with Crippen molar-refractivity contribution in [3.05, 3.63) is 30.3 Å². The first-order chi connectivity index (χ1) is 7.61. The maximum absolute atomic E-state index is 11.7. The Morgan fingerprint density at radius 1 is 1.31 bits per heavy atom. The van der Waals surface area contributed by atoms with Crippen LogP contribution in [0.1, 0.15) is 6.42 Å². The van der Waals surface area contributed by atoms with Crippen LogP contribution in [0.3, 0.4) is 0 Å². The van der Waals surface area contributed by atoms with Crippen molar-refractivity contribution in [3.63, 3.8) is 0 Å². The number of halogens is 1. The number of rotatable bonds is 5. The van der Waals surface area contributed by atoms with E-state index in [1.54, 1.807) is 30.3 Å². The van der Waals surface area contributed by atoms with Gasteiger partial charge < -0.3 is 0 Å². The molecule has 0 aliphatic rings. The molecule has 16 heavy (non-hydrogen) atoms. The van der Waals surface area contributed by atoms with Crippen LogP contribution >= 0.6 is 11.6 Å². The monoisotopic (exact) mass is 258 g/mol. The molecule has 0 radical (unpaired) electrons. The summed E-state index contributed by atoms with van der Waals surface area (Å²) >= 11 is 5.40. The van der Waals surface area contributed by atoms with E-state index in [-0.39, 0.29) is 13.0 Å². The maximum atomic E-state index is 11.7. The van der Waals surface area contributed by atoms with E-state index in [4.69, 9.17) is 16.9 Å². The molecule has 0 spiro atoms. The fourth-order valence-electron chi connectivity index (χ4n) is 1.23. The molecule has 86 valence electrons. The average Bonchev–Trinajstić information content (AvgIpc) is 2.31. The Morgan fingerprint density at radius 3 is 2.44 bits per heavy atom. The topological polar surface area (TPSA) is 61.2 Å². The molecular weight excluding hydrogens is 248 g/mol. The lowest BCUT2D eigenvalue weighted by Crippen LogP contribution is -2.32. The van der Waals surface area contributed by atoms with Crippen molar-refractivity contribution in [2.24, 2.45) is 0 Å². The number of nitriles is 1. The molecular formula is C10H11ClN2O2S. The summed E-state index contributed by atoms with van der Waals surface area (Å²) in [6.45, 7) is 0.121. The maximum Gasteiger partial charge on any atom is 0.249 e. The quantitative estimate of drug-likeness (QED) is 0.758. The second-order valence-electron chi connectivity index (χ2n) is 3.04. The van der Waals surface area contributed by atoms with Crippen LogP contribution in [0.4, 0.5) is 5.69 Å². The van der Waals surface area contributed by atoms with Gasteiger partial charge in [-0.2, -0.15) is 5.26 Å². The van der Waals surface area contributed by atoms with Gasteiger partial charge in [-0.15, -0.1) is 11.6 Å². The molecule has 0 saturated heterocycles. The first kappa shape index (κ1) is 12.8. The van der Waals surface area contributed by atoms with Gasteiger partial charge in [0.1, 0.15) is 5.21 Å². The van der Waals surface area contributed by atoms with E-state index in [1.165, 1.54) is 0 Å². The summed E-state index contributed by atoms with van der Waals surface area (Å²) in [7, 11) is -3.54. The number of benzene rings is 1. The minimum Gasteiger partial charge on any atom is -0.268 e. The highest BCUT2D eigenvalue weighted by Gasteiger charge is 2.20. The normalized spacial score (nSPS) is 10.8. The molecule has 0 aliphatic carbocycles. The molecule has 1 rings (SSSR count). The molecule has 1 aromatic carbocycles. The summed E-state index contributed by atoms with van der Waals surface area (Å²) in [4.78, 5) is 0. The molecule has 0 bridgehead atoms. The Kier molecular flexibility index (Phi) is 4.59. The third-order valence-corrected chi connectivity index (χ3v) is 4.11. The number of alkyl halides is 1. The predicted molar refractivity (Wildman–Crippen MR) is 63.7 cm³/mol. The van der Waals surface area contributed by atoms with Crippen molar-refractivity contribution >= 4 is 27.3 Å². The smallest absolute Gasteiger partial charge is 0.249 e. The Bertz CT molecular complexity index is 467. The minimum atomic E-state index is -3.54. The van der Waals surface area contributed by atoms with Gasteiger partial charge in [-0.25, -0.2) is 8.42 Å². The SMILES string of the molecule is N#CCCN(c1ccccc1)S(=O)(=O)CCl. The number of hydrogen-bond acceptors (Lipinski definition) is 3. The Morgan fingerprint density at radius 2 is 1.94 bits per heavy atom. The lowest BCUT2D eigenvalue weighted by atomic mass is 10.3. The number of nitrogens with zero attached hydrogens (tertiary/aromatic N) is 2. The van der Waals surface area contributed by atoms with Gasteiger partial charge in [0.2, 0.25) is 10.0 Å². The van der Waals surface area contributed by atoms with Crippen LogP contribution in [0, 0.1) is 11.3 Å². The van der Waals surface area contributed by atoms with E-state index in [2.05, 4.69) is 0 Å². The second-order valence-corrected chi connectivity index (χ2v) is 5.51. The van der Waals surface area contributed by atoms with Crippen molar-refractivity contribution in [2.45, 2.75) is 6.42 Å². The zero-order valence-corrected chi connectivity index (χ0v) is 10.1. The Labute approximate surface area is 100 Å². The van der Waals surface area contributed by atoms with Crippen molar-refractivity contribution in [1.29, 1.82) is 5.26 Å². The molecule has 0 amide bonds. The van der Waals surface area contributed by atoms with E-state index in [9.17, 15) is 8.42 Å². The molecule has 0 aliphatic heterocycles. The van der Waals surface area contributed by atoms with E-state index >= 15 is 0 Å². The molecule has 0 atom stereocenters. The molecule has 0 aromatic heterocycles. The predicted octanol–water partition coefficient (Wildman–Crippen LogP) is 1.93. The van der Waals surface area contributed by atoms with Crippen molar-refractivity contribution in [1.82, 2.24) is 0 Å². The zero-order chi connectivity index (χ0) is 12.0. The first-order valence-electron chi connectivity index (χ1n) is 4.60. The van der Waals surface area contributed by atoms with Crippen molar-refractivity contribution in [3.8, 4) is 6.07 Å². The third-order valence-electron chi connectivity index (χ3n) is 1.94. The Balaban J connectivity index is 3.03. The average molecular weight is 259 g/mol. The van der Waals surface area contributed by atoms with E-state index in [1.807, 2.05) is 6.07 Å². The van der Waals surface area contributed by atoms with Gasteiger partial charge in [0.25, 0.3) is 0 Å². The number of para-hydroxylation sites is 1. The minimum absolute atomic E-state index is 0.121. The molecule has 0 fully saturated rings. The van der Waals surface area contributed by atoms with Crippen molar-refractivity contribution < 1.29 is 8.42 Å². The molecule has 0 heterocycles. The molecule has 0 saturated carbocycles. The largest absolute Gasteiger partial charge is 0.268 e. The number of hydrogen-bond donors (Lipinski definition) is 0. The first-order valence-corrected chi connectivity index (χ1v) is 6.74. The van der Waals surface area contributed by atoms with E-state index in [0.717, 1.165) is 4.31 Å². The molecule has 6 heteroatoms. The molecule has 4 nitrogen and oxygen atoms in total. The standard InChI is InChI=1S/C10H11ClN2O2S/c11-9-16(14,15)13(8-4-7-12)10-5-2-1-3-6-10/h1-3,5-6H,4,8-9H2. The molecule has 0 unspecified atom stereocenters. The third kappa shape index (κ3) is 3.12. The summed E-state index contributed by atoms with van der Waals surface area (Å²) in [5.74, 6) is 0. The van der Waals surface area contributed by atoms with Gasteiger partial charge >= 0.3 is 0 Å². The van der Waals surface area contributed by atoms with E-state index in [0.29, 0.717) is 5.69 Å². The van der Waals surface area contributed by atoms with Crippen LogP contribution in [0.25, 0.3) is 0 Å². The number of sulfonamides is 1. The van der Waals surface area contributed by atoms with Crippen LogP contribution in [0.15, 0.2) is 30.3 Å². The summed E-state index contributed by atoms with van der Waals surface area (Å²) in [6.07, 6.45) is 0.130. The van der Waals surface area contributed by atoms with Crippen molar-refractivity contribution in [2.75, 3.05) is 16.1 Å². The van der Waals surface area contributed by atoms with Crippen LogP contribution in [0.2, 0.25) is 0 Å². The van der Waals surface area contributed by atoms with Gasteiger partial charge in [-0.1, -0.05) is 18.2 Å². The summed E-state index contributed by atoms with van der Waals surface area (Å²) in [5.41, 5.74) is 0.526. The van der Waals surface area contributed by atoms with Crippen LogP contribution in [-0.4, -0.2) is 20.2 Å². The summed E-state index contributed by atoms with van der Waals surface area (Å²) in [6, 6.07) is 10.5. The van der Waals surface area contributed by atoms with Gasteiger partial charge in [0.05, 0.1) is 18.2 Å². The van der Waals surface area contributed by atoms with Gasteiger partial charge in [0, 0.05) is 6.54 Å².